The molecule has 4 rings (SSSR count). The molecule has 4 aromatic rings. The summed E-state index contributed by atoms with van der Waals surface area (Å²) in [6.07, 6.45) is 1.81. The Morgan fingerprint density at radius 3 is 2.42 bits per heavy atom. The van der Waals surface area contributed by atoms with E-state index in [1.807, 2.05) is 66.9 Å². The van der Waals surface area contributed by atoms with Crippen molar-refractivity contribution in [3.05, 3.63) is 102 Å². The number of carbonyl (C=O) groups excluding carboxylic acids is 1. The van der Waals surface area contributed by atoms with Crippen LogP contribution in [0.3, 0.4) is 0 Å². The third-order valence-electron chi connectivity index (χ3n) is 4.31. The van der Waals surface area contributed by atoms with Crippen LogP contribution in [0.4, 0.5) is 0 Å². The number of benzene rings is 3. The van der Waals surface area contributed by atoms with E-state index in [1.165, 1.54) is 0 Å². The highest BCUT2D eigenvalue weighted by Gasteiger charge is 2.12. The van der Waals surface area contributed by atoms with Gasteiger partial charge in [0.25, 0.3) is 0 Å². The summed E-state index contributed by atoms with van der Waals surface area (Å²) in [5.41, 5.74) is 3.36. The van der Waals surface area contributed by atoms with Crippen molar-refractivity contribution in [1.29, 1.82) is 0 Å². The SMILES string of the molecule is O=C(OCc1ccccc1-c1nccc2ccccc12)c1ccccc1. The fourth-order valence-corrected chi connectivity index (χ4v) is 3.01. The molecule has 3 heteroatoms. The maximum atomic E-state index is 12.2. The number of rotatable bonds is 4. The molecule has 3 aromatic carbocycles. The number of hydrogen-bond donors (Lipinski definition) is 0. The molecule has 126 valence electrons. The molecule has 26 heavy (non-hydrogen) atoms. The highest BCUT2D eigenvalue weighted by atomic mass is 16.5. The van der Waals surface area contributed by atoms with Gasteiger partial charge in [0.05, 0.1) is 11.3 Å². The monoisotopic (exact) mass is 339 g/mol. The Morgan fingerprint density at radius 2 is 1.54 bits per heavy atom. The Hall–Kier alpha value is -3.46. The lowest BCUT2D eigenvalue weighted by Crippen LogP contribution is -2.06. The van der Waals surface area contributed by atoms with Crippen molar-refractivity contribution in [3.63, 3.8) is 0 Å². The number of fused-ring (bicyclic) bond motifs is 1. The molecule has 0 spiro atoms. The van der Waals surface area contributed by atoms with Crippen LogP contribution in [0.1, 0.15) is 15.9 Å². The van der Waals surface area contributed by atoms with Crippen LogP contribution in [0.2, 0.25) is 0 Å². The Kier molecular flexibility index (Phi) is 4.44. The predicted molar refractivity (Wildman–Crippen MR) is 103 cm³/mol. The minimum absolute atomic E-state index is 0.203. The molecule has 0 N–H and O–H groups in total. The van der Waals surface area contributed by atoms with Gasteiger partial charge in [-0.15, -0.1) is 0 Å². The van der Waals surface area contributed by atoms with E-state index in [-0.39, 0.29) is 12.6 Å². The topological polar surface area (TPSA) is 39.2 Å². The zero-order valence-electron chi connectivity index (χ0n) is 14.1. The molecule has 0 unspecified atom stereocenters. The summed E-state index contributed by atoms with van der Waals surface area (Å²) in [4.78, 5) is 16.8. The van der Waals surface area contributed by atoms with Crippen LogP contribution in [-0.2, 0) is 11.3 Å². The Labute approximate surface area is 151 Å². The molecule has 0 atom stereocenters. The summed E-state index contributed by atoms with van der Waals surface area (Å²) < 4.78 is 5.52. The fraction of sp³-hybridized carbons (Fsp3) is 0.0435. The molecule has 0 bridgehead atoms. The molecule has 0 radical (unpaired) electrons. The van der Waals surface area contributed by atoms with Crippen LogP contribution in [0, 0.1) is 0 Å². The first-order valence-electron chi connectivity index (χ1n) is 8.47. The lowest BCUT2D eigenvalue weighted by atomic mass is 10.00. The summed E-state index contributed by atoms with van der Waals surface area (Å²) in [5.74, 6) is -0.328. The zero-order chi connectivity index (χ0) is 17.8. The lowest BCUT2D eigenvalue weighted by Gasteiger charge is -2.12. The minimum Gasteiger partial charge on any atom is -0.457 e. The van der Waals surface area contributed by atoms with Crippen molar-refractivity contribution >= 4 is 16.7 Å². The van der Waals surface area contributed by atoms with E-state index in [1.54, 1.807) is 12.1 Å². The van der Waals surface area contributed by atoms with Crippen molar-refractivity contribution < 1.29 is 9.53 Å². The van der Waals surface area contributed by atoms with Crippen molar-refractivity contribution in [2.24, 2.45) is 0 Å². The second kappa shape index (κ2) is 7.19. The number of ether oxygens (including phenoxy) is 1. The van der Waals surface area contributed by atoms with Gasteiger partial charge in [0, 0.05) is 17.1 Å². The lowest BCUT2D eigenvalue weighted by molar-refractivity contribution is 0.0473. The first kappa shape index (κ1) is 16.0. The number of esters is 1. The van der Waals surface area contributed by atoms with E-state index >= 15 is 0 Å². The van der Waals surface area contributed by atoms with Gasteiger partial charge in [-0.05, 0) is 29.1 Å². The first-order chi connectivity index (χ1) is 12.8. The Morgan fingerprint density at radius 1 is 0.808 bits per heavy atom. The first-order valence-corrected chi connectivity index (χ1v) is 8.47. The molecule has 0 saturated carbocycles. The summed E-state index contributed by atoms with van der Waals surface area (Å²) in [7, 11) is 0. The quantitative estimate of drug-likeness (QED) is 0.476. The molecule has 1 heterocycles. The second-order valence-electron chi connectivity index (χ2n) is 5.98. The third kappa shape index (κ3) is 3.20. The maximum Gasteiger partial charge on any atom is 0.338 e. The van der Waals surface area contributed by atoms with Gasteiger partial charge in [0.2, 0.25) is 0 Å². The van der Waals surface area contributed by atoms with Gasteiger partial charge in [-0.25, -0.2) is 4.79 Å². The highest BCUT2D eigenvalue weighted by molar-refractivity contribution is 5.95. The number of hydrogen-bond acceptors (Lipinski definition) is 3. The molecule has 0 amide bonds. The minimum atomic E-state index is -0.328. The molecular weight excluding hydrogens is 322 g/mol. The average Bonchev–Trinajstić information content (AvgIpc) is 2.72. The number of pyridine rings is 1. The third-order valence-corrected chi connectivity index (χ3v) is 4.31. The van der Waals surface area contributed by atoms with Gasteiger partial charge in [-0.3, -0.25) is 4.98 Å². The van der Waals surface area contributed by atoms with Crippen molar-refractivity contribution in [1.82, 2.24) is 4.98 Å². The van der Waals surface area contributed by atoms with Crippen molar-refractivity contribution in [2.45, 2.75) is 6.61 Å². The van der Waals surface area contributed by atoms with Crippen LogP contribution < -0.4 is 0 Å². The molecule has 1 aromatic heterocycles. The second-order valence-corrected chi connectivity index (χ2v) is 5.98. The summed E-state index contributed by atoms with van der Waals surface area (Å²) in [5, 5.41) is 2.21. The van der Waals surface area contributed by atoms with Crippen molar-refractivity contribution in [2.75, 3.05) is 0 Å². The largest absolute Gasteiger partial charge is 0.457 e. The van der Waals surface area contributed by atoms with Crippen LogP contribution >= 0.6 is 0 Å². The number of aromatic nitrogens is 1. The molecular formula is C23H17NO2. The number of nitrogens with zero attached hydrogens (tertiary/aromatic N) is 1. The van der Waals surface area contributed by atoms with E-state index in [2.05, 4.69) is 17.1 Å². The van der Waals surface area contributed by atoms with Crippen LogP contribution in [-0.4, -0.2) is 11.0 Å². The van der Waals surface area contributed by atoms with E-state index in [0.29, 0.717) is 5.56 Å². The van der Waals surface area contributed by atoms with E-state index in [4.69, 9.17) is 4.74 Å². The smallest absolute Gasteiger partial charge is 0.338 e. The van der Waals surface area contributed by atoms with E-state index in [0.717, 1.165) is 27.6 Å². The highest BCUT2D eigenvalue weighted by Crippen LogP contribution is 2.29. The number of carbonyl (C=O) groups is 1. The molecule has 3 nitrogen and oxygen atoms in total. The molecule has 0 fully saturated rings. The van der Waals surface area contributed by atoms with Gasteiger partial charge in [-0.2, -0.15) is 0 Å². The van der Waals surface area contributed by atoms with Gasteiger partial charge < -0.3 is 4.74 Å². The van der Waals surface area contributed by atoms with E-state index in [9.17, 15) is 4.79 Å². The van der Waals surface area contributed by atoms with Crippen molar-refractivity contribution in [3.8, 4) is 11.3 Å². The van der Waals surface area contributed by atoms with Gasteiger partial charge in [-0.1, -0.05) is 66.7 Å². The average molecular weight is 339 g/mol. The molecule has 0 aliphatic heterocycles. The fourth-order valence-electron chi connectivity index (χ4n) is 3.01. The predicted octanol–water partition coefficient (Wildman–Crippen LogP) is 5.26. The summed E-state index contributed by atoms with van der Waals surface area (Å²) in [6, 6.07) is 27.1. The zero-order valence-corrected chi connectivity index (χ0v) is 14.1. The summed E-state index contributed by atoms with van der Waals surface area (Å²) >= 11 is 0. The standard InChI is InChI=1S/C23H17NO2/c25-23(18-9-2-1-3-10-18)26-16-19-11-5-7-13-21(19)22-20-12-6-4-8-17(20)14-15-24-22/h1-15H,16H2. The van der Waals surface area contributed by atoms with Crippen LogP contribution in [0.15, 0.2) is 91.1 Å². The van der Waals surface area contributed by atoms with Gasteiger partial charge in [0.1, 0.15) is 6.61 Å². The molecule has 0 aliphatic rings. The Bertz CT molecular complexity index is 1050. The normalized spacial score (nSPS) is 10.6. The molecule has 0 aliphatic carbocycles. The van der Waals surface area contributed by atoms with Gasteiger partial charge >= 0.3 is 5.97 Å². The summed E-state index contributed by atoms with van der Waals surface area (Å²) in [6.45, 7) is 0.203. The maximum absolute atomic E-state index is 12.2. The van der Waals surface area contributed by atoms with Crippen LogP contribution in [0.5, 0.6) is 0 Å². The Balaban J connectivity index is 1.66. The van der Waals surface area contributed by atoms with E-state index < -0.39 is 0 Å². The molecule has 0 saturated heterocycles. The van der Waals surface area contributed by atoms with Gasteiger partial charge in [0.15, 0.2) is 0 Å². The van der Waals surface area contributed by atoms with Crippen LogP contribution in [0.25, 0.3) is 22.0 Å².